The molecule has 10 heteroatoms. The Labute approximate surface area is 236 Å². The Bertz CT molecular complexity index is 1410. The van der Waals surface area contributed by atoms with Gasteiger partial charge in [0.25, 0.3) is 10.0 Å². The number of benzene rings is 3. The molecule has 3 aromatic rings. The summed E-state index contributed by atoms with van der Waals surface area (Å²) >= 11 is 0. The van der Waals surface area contributed by atoms with Gasteiger partial charge in [-0.2, -0.15) is 0 Å². The Kier molecular flexibility index (Phi) is 10.6. The van der Waals surface area contributed by atoms with Crippen LogP contribution < -0.4 is 19.1 Å². The number of aryl methyl sites for hydroxylation is 1. The van der Waals surface area contributed by atoms with Crippen LogP contribution >= 0.6 is 0 Å². The van der Waals surface area contributed by atoms with Crippen molar-refractivity contribution in [1.82, 2.24) is 10.2 Å². The summed E-state index contributed by atoms with van der Waals surface area (Å²) in [4.78, 5) is 28.6. The predicted octanol–water partition coefficient (Wildman–Crippen LogP) is 4.15. The highest BCUT2D eigenvalue weighted by Gasteiger charge is 2.34. The van der Waals surface area contributed by atoms with Gasteiger partial charge in [-0.1, -0.05) is 49.4 Å². The molecule has 0 aliphatic heterocycles. The molecule has 1 N–H and O–H groups in total. The van der Waals surface area contributed by atoms with E-state index in [1.807, 2.05) is 45.0 Å². The largest absolute Gasteiger partial charge is 0.493 e. The lowest BCUT2D eigenvalue weighted by Crippen LogP contribution is -2.52. The molecule has 1 atom stereocenters. The van der Waals surface area contributed by atoms with E-state index in [9.17, 15) is 18.0 Å². The number of carbonyl (C=O) groups excluding carboxylic acids is 2. The number of rotatable bonds is 13. The molecule has 0 spiro atoms. The molecule has 0 saturated heterocycles. The minimum Gasteiger partial charge on any atom is -0.493 e. The van der Waals surface area contributed by atoms with E-state index in [1.165, 1.54) is 37.3 Å². The van der Waals surface area contributed by atoms with Crippen LogP contribution in [0.1, 0.15) is 31.4 Å². The van der Waals surface area contributed by atoms with Gasteiger partial charge in [-0.05, 0) is 55.7 Å². The van der Waals surface area contributed by atoms with E-state index in [4.69, 9.17) is 9.47 Å². The number of hydrogen-bond donors (Lipinski definition) is 1. The third kappa shape index (κ3) is 6.93. The summed E-state index contributed by atoms with van der Waals surface area (Å²) in [5.74, 6) is -0.0875. The third-order valence-electron chi connectivity index (χ3n) is 6.60. The monoisotopic (exact) mass is 567 g/mol. The van der Waals surface area contributed by atoms with Gasteiger partial charge in [0.2, 0.25) is 11.8 Å². The van der Waals surface area contributed by atoms with E-state index in [-0.39, 0.29) is 23.0 Å². The Morgan fingerprint density at radius 1 is 0.900 bits per heavy atom. The fourth-order valence-corrected chi connectivity index (χ4v) is 5.84. The van der Waals surface area contributed by atoms with Crippen LogP contribution in [0.25, 0.3) is 0 Å². The summed E-state index contributed by atoms with van der Waals surface area (Å²) in [7, 11) is -1.25. The van der Waals surface area contributed by atoms with E-state index >= 15 is 0 Å². The van der Waals surface area contributed by atoms with Gasteiger partial charge in [0.1, 0.15) is 12.6 Å². The number of sulfonamides is 1. The maximum atomic E-state index is 14.1. The SMILES string of the molecule is CCNC(=O)[C@@H](CC)N(Cc1ccccc1C)C(=O)CN(c1ccc(OC)c(OC)c1)S(=O)(=O)c1ccccc1. The highest BCUT2D eigenvalue weighted by molar-refractivity contribution is 7.92. The van der Waals surface area contributed by atoms with Crippen LogP contribution in [0.4, 0.5) is 5.69 Å². The number of nitrogens with zero attached hydrogens (tertiary/aromatic N) is 2. The van der Waals surface area contributed by atoms with Crippen molar-refractivity contribution in [2.24, 2.45) is 0 Å². The number of likely N-dealkylation sites (N-methyl/N-ethyl adjacent to an activating group) is 1. The molecule has 9 nitrogen and oxygen atoms in total. The topological polar surface area (TPSA) is 105 Å². The number of nitrogens with one attached hydrogen (secondary N) is 1. The van der Waals surface area contributed by atoms with Gasteiger partial charge in [-0.25, -0.2) is 8.42 Å². The lowest BCUT2D eigenvalue weighted by Gasteiger charge is -2.33. The second-order valence-electron chi connectivity index (χ2n) is 9.13. The number of methoxy groups -OCH3 is 2. The molecule has 3 aromatic carbocycles. The highest BCUT2D eigenvalue weighted by atomic mass is 32.2. The lowest BCUT2D eigenvalue weighted by molar-refractivity contribution is -0.140. The molecule has 0 aromatic heterocycles. The second-order valence-corrected chi connectivity index (χ2v) is 11.0. The first-order valence-electron chi connectivity index (χ1n) is 13.1. The molecule has 2 amide bonds. The predicted molar refractivity (Wildman–Crippen MR) is 155 cm³/mol. The average molecular weight is 568 g/mol. The standard InChI is InChI=1S/C30H37N3O6S/c1-6-26(30(35)31-7-2)32(20-23-14-12-11-13-22(23)3)29(34)21-33(40(36,37)25-15-9-8-10-16-25)24-17-18-27(38-4)28(19-24)39-5/h8-19,26H,6-7,20-21H2,1-5H3,(H,31,35)/t26-/m1/s1. The Hall–Kier alpha value is -4.05. The Morgan fingerprint density at radius 2 is 1.55 bits per heavy atom. The van der Waals surface area contributed by atoms with Crippen molar-refractivity contribution in [3.05, 3.63) is 83.9 Å². The van der Waals surface area contributed by atoms with Crippen LogP contribution in [0.15, 0.2) is 77.7 Å². The van der Waals surface area contributed by atoms with Crippen molar-refractivity contribution in [3.63, 3.8) is 0 Å². The molecule has 0 aliphatic rings. The molecule has 0 aliphatic carbocycles. The van der Waals surface area contributed by atoms with Crippen molar-refractivity contribution in [2.45, 2.75) is 44.7 Å². The Balaban J connectivity index is 2.11. The number of hydrogen-bond acceptors (Lipinski definition) is 6. The highest BCUT2D eigenvalue weighted by Crippen LogP contribution is 2.34. The maximum absolute atomic E-state index is 14.1. The van der Waals surface area contributed by atoms with Crippen molar-refractivity contribution in [3.8, 4) is 11.5 Å². The second kappa shape index (κ2) is 13.8. The van der Waals surface area contributed by atoms with Gasteiger partial charge < -0.3 is 19.7 Å². The summed E-state index contributed by atoms with van der Waals surface area (Å²) in [6.45, 7) is 5.58. The molecule has 3 rings (SSSR count). The average Bonchev–Trinajstić information content (AvgIpc) is 2.96. The van der Waals surface area contributed by atoms with E-state index in [0.29, 0.717) is 24.5 Å². The molecule has 0 heterocycles. The lowest BCUT2D eigenvalue weighted by atomic mass is 10.1. The smallest absolute Gasteiger partial charge is 0.264 e. The van der Waals surface area contributed by atoms with Crippen LogP contribution in [0.5, 0.6) is 11.5 Å². The normalized spacial score (nSPS) is 11.8. The fraction of sp³-hybridized carbons (Fsp3) is 0.333. The summed E-state index contributed by atoms with van der Waals surface area (Å²) in [5.41, 5.74) is 2.04. The van der Waals surface area contributed by atoms with Crippen LogP contribution in [-0.4, -0.2) is 58.5 Å². The van der Waals surface area contributed by atoms with E-state index in [2.05, 4.69) is 5.32 Å². The molecule has 0 unspecified atom stereocenters. The molecule has 0 saturated carbocycles. The molecule has 0 radical (unpaired) electrons. The molecule has 0 fully saturated rings. The molecular formula is C30H37N3O6S. The van der Waals surface area contributed by atoms with Crippen molar-refractivity contribution >= 4 is 27.5 Å². The minimum atomic E-state index is -4.18. The zero-order chi connectivity index (χ0) is 29.3. The van der Waals surface area contributed by atoms with Crippen LogP contribution in [-0.2, 0) is 26.2 Å². The van der Waals surface area contributed by atoms with E-state index < -0.39 is 28.5 Å². The Morgan fingerprint density at radius 3 is 2.15 bits per heavy atom. The van der Waals surface area contributed by atoms with Gasteiger partial charge >= 0.3 is 0 Å². The van der Waals surface area contributed by atoms with Gasteiger partial charge in [0.15, 0.2) is 11.5 Å². The van der Waals surface area contributed by atoms with Crippen molar-refractivity contribution in [1.29, 1.82) is 0 Å². The third-order valence-corrected chi connectivity index (χ3v) is 8.39. The van der Waals surface area contributed by atoms with Crippen molar-refractivity contribution < 1.29 is 27.5 Å². The minimum absolute atomic E-state index is 0.0267. The van der Waals surface area contributed by atoms with Crippen LogP contribution in [0, 0.1) is 6.92 Å². The summed E-state index contributed by atoms with van der Waals surface area (Å²) < 4.78 is 39.6. The summed E-state index contributed by atoms with van der Waals surface area (Å²) in [5, 5.41) is 2.81. The summed E-state index contributed by atoms with van der Waals surface area (Å²) in [6.07, 6.45) is 0.352. The van der Waals surface area contributed by atoms with Gasteiger partial charge in [-0.3, -0.25) is 13.9 Å². The van der Waals surface area contributed by atoms with Gasteiger partial charge in [-0.15, -0.1) is 0 Å². The first-order valence-corrected chi connectivity index (χ1v) is 14.5. The molecule has 214 valence electrons. The fourth-order valence-electron chi connectivity index (χ4n) is 4.41. The number of ether oxygens (including phenoxy) is 2. The number of amides is 2. The zero-order valence-corrected chi connectivity index (χ0v) is 24.4. The molecular weight excluding hydrogens is 530 g/mol. The van der Waals surface area contributed by atoms with Crippen LogP contribution in [0.2, 0.25) is 0 Å². The molecule has 0 bridgehead atoms. The first kappa shape index (κ1) is 30.5. The number of carbonyl (C=O) groups is 2. The zero-order valence-electron chi connectivity index (χ0n) is 23.6. The van der Waals surface area contributed by atoms with Crippen molar-refractivity contribution in [2.75, 3.05) is 31.6 Å². The van der Waals surface area contributed by atoms with Gasteiger partial charge in [0.05, 0.1) is 24.8 Å². The number of anilines is 1. The van der Waals surface area contributed by atoms with Gasteiger partial charge in [0, 0.05) is 19.2 Å². The quantitative estimate of drug-likeness (QED) is 0.333. The first-order chi connectivity index (χ1) is 19.2. The van der Waals surface area contributed by atoms with E-state index in [0.717, 1.165) is 15.4 Å². The maximum Gasteiger partial charge on any atom is 0.264 e. The van der Waals surface area contributed by atoms with Crippen LogP contribution in [0.3, 0.4) is 0 Å². The van der Waals surface area contributed by atoms with E-state index in [1.54, 1.807) is 30.3 Å². The summed E-state index contributed by atoms with van der Waals surface area (Å²) in [6, 6.07) is 19.4. The molecule has 40 heavy (non-hydrogen) atoms.